The Kier molecular flexibility index (Phi) is 5.16. The predicted molar refractivity (Wildman–Crippen MR) is 93.9 cm³/mol. The number of nitrogens with zero attached hydrogens (tertiary/aromatic N) is 1. The minimum atomic E-state index is -1.07. The van der Waals surface area contributed by atoms with Crippen LogP contribution in [0.4, 0.5) is 20.2 Å². The molecule has 2 amide bonds. The van der Waals surface area contributed by atoms with Gasteiger partial charge in [0.25, 0.3) is 5.91 Å². The number of likely N-dealkylation sites (N-methyl/N-ethyl adjacent to an activating group) is 1. The van der Waals surface area contributed by atoms with Crippen LogP contribution in [-0.4, -0.2) is 31.3 Å². The van der Waals surface area contributed by atoms with Gasteiger partial charge >= 0.3 is 0 Å². The van der Waals surface area contributed by atoms with Gasteiger partial charge in [-0.05, 0) is 30.3 Å². The van der Waals surface area contributed by atoms with Crippen LogP contribution in [0.2, 0.25) is 0 Å². The largest absolute Gasteiger partial charge is 0.482 e. The quantitative estimate of drug-likeness (QED) is 0.817. The topological polar surface area (TPSA) is 75.7 Å². The fraction of sp³-hybridized carbons (Fsp3) is 0.211. The Hall–Kier alpha value is -3.29. The number of fused-ring (bicyclic) bond motifs is 1. The van der Waals surface area contributed by atoms with Crippen molar-refractivity contribution in [3.63, 3.8) is 0 Å². The molecule has 0 bridgehead atoms. The zero-order valence-corrected chi connectivity index (χ0v) is 14.4. The number of anilines is 2. The molecule has 0 radical (unpaired) electrons. The number of nitrogens with one attached hydrogen (secondary N) is 1. The summed E-state index contributed by atoms with van der Waals surface area (Å²) < 4.78 is 31.3. The Morgan fingerprint density at radius 3 is 2.63 bits per heavy atom. The van der Waals surface area contributed by atoms with Crippen LogP contribution >= 0.6 is 0 Å². The number of rotatable bonds is 5. The van der Waals surface area contributed by atoms with Gasteiger partial charge in [-0.2, -0.15) is 0 Å². The molecule has 0 saturated heterocycles. The van der Waals surface area contributed by atoms with E-state index in [4.69, 9.17) is 4.74 Å². The zero-order valence-electron chi connectivity index (χ0n) is 14.4. The summed E-state index contributed by atoms with van der Waals surface area (Å²) >= 11 is 0. The minimum absolute atomic E-state index is 0.0546. The van der Waals surface area contributed by atoms with Crippen molar-refractivity contribution in [2.24, 2.45) is 0 Å². The van der Waals surface area contributed by atoms with Crippen molar-refractivity contribution in [3.05, 3.63) is 53.6 Å². The highest BCUT2D eigenvalue weighted by atomic mass is 19.2. The maximum atomic E-state index is 13.1. The molecule has 1 heterocycles. The third-order valence-corrected chi connectivity index (χ3v) is 4.15. The van der Waals surface area contributed by atoms with Gasteiger partial charge in [0, 0.05) is 37.2 Å². The van der Waals surface area contributed by atoms with Gasteiger partial charge < -0.3 is 15.0 Å². The van der Waals surface area contributed by atoms with E-state index in [1.807, 2.05) is 0 Å². The molecule has 0 atom stereocenters. The Balaban J connectivity index is 1.61. The summed E-state index contributed by atoms with van der Waals surface area (Å²) in [6.45, 7) is -0.0546. The number of ketones is 1. The SMILES string of the molecule is CN1C(=O)COc2ccc(C(=O)CCC(=O)Nc3ccc(F)c(F)c3)cc21. The van der Waals surface area contributed by atoms with E-state index in [0.717, 1.165) is 12.1 Å². The Morgan fingerprint density at radius 1 is 1.11 bits per heavy atom. The van der Waals surface area contributed by atoms with E-state index in [9.17, 15) is 23.2 Å². The van der Waals surface area contributed by atoms with Crippen molar-refractivity contribution in [1.82, 2.24) is 0 Å². The summed E-state index contributed by atoms with van der Waals surface area (Å²) in [5.74, 6) is -2.59. The van der Waals surface area contributed by atoms with Gasteiger partial charge in [-0.1, -0.05) is 0 Å². The lowest BCUT2D eigenvalue weighted by atomic mass is 10.0. The molecule has 0 aliphatic carbocycles. The van der Waals surface area contributed by atoms with E-state index in [1.165, 1.54) is 11.0 Å². The first kappa shape index (κ1) is 18.5. The highest BCUT2D eigenvalue weighted by molar-refractivity contribution is 6.03. The van der Waals surface area contributed by atoms with Crippen LogP contribution < -0.4 is 15.0 Å². The van der Waals surface area contributed by atoms with Crippen molar-refractivity contribution in [3.8, 4) is 5.75 Å². The van der Waals surface area contributed by atoms with Crippen molar-refractivity contribution in [2.45, 2.75) is 12.8 Å². The fourth-order valence-corrected chi connectivity index (χ4v) is 2.61. The standard InChI is InChI=1S/C19H16F2N2O4/c1-23-15-8-11(2-6-17(15)27-10-19(23)26)16(24)5-7-18(25)22-12-3-4-13(20)14(21)9-12/h2-4,6,8-9H,5,7,10H2,1H3,(H,22,25). The first-order valence-corrected chi connectivity index (χ1v) is 8.16. The van der Waals surface area contributed by atoms with Gasteiger partial charge in [0.2, 0.25) is 5.91 Å². The molecule has 0 spiro atoms. The minimum Gasteiger partial charge on any atom is -0.482 e. The molecule has 1 aliphatic heterocycles. The first-order chi connectivity index (χ1) is 12.8. The highest BCUT2D eigenvalue weighted by Gasteiger charge is 2.23. The van der Waals surface area contributed by atoms with E-state index < -0.39 is 17.5 Å². The third-order valence-electron chi connectivity index (χ3n) is 4.15. The number of benzene rings is 2. The second-order valence-electron chi connectivity index (χ2n) is 6.02. The normalized spacial score (nSPS) is 13.0. The fourth-order valence-electron chi connectivity index (χ4n) is 2.61. The molecule has 27 heavy (non-hydrogen) atoms. The zero-order chi connectivity index (χ0) is 19.6. The molecule has 0 fully saturated rings. The number of ether oxygens (including phenoxy) is 1. The Bertz CT molecular complexity index is 930. The van der Waals surface area contributed by atoms with Crippen molar-refractivity contribution in [2.75, 3.05) is 23.9 Å². The molecule has 2 aromatic rings. The van der Waals surface area contributed by atoms with Gasteiger partial charge in [-0.25, -0.2) is 8.78 Å². The Morgan fingerprint density at radius 2 is 1.89 bits per heavy atom. The monoisotopic (exact) mass is 374 g/mol. The molecule has 0 unspecified atom stereocenters. The van der Waals surface area contributed by atoms with Crippen molar-refractivity contribution in [1.29, 1.82) is 0 Å². The second kappa shape index (κ2) is 7.53. The number of halogens is 2. The molecular formula is C19H16F2N2O4. The van der Waals surface area contributed by atoms with Crippen LogP contribution in [0.1, 0.15) is 23.2 Å². The number of hydrogen-bond acceptors (Lipinski definition) is 4. The van der Waals surface area contributed by atoms with Gasteiger partial charge in [-0.3, -0.25) is 14.4 Å². The van der Waals surface area contributed by atoms with E-state index in [-0.39, 0.29) is 36.8 Å². The summed E-state index contributed by atoms with van der Waals surface area (Å²) in [5, 5.41) is 2.41. The summed E-state index contributed by atoms with van der Waals surface area (Å²) in [6, 6.07) is 7.72. The molecule has 0 aromatic heterocycles. The van der Waals surface area contributed by atoms with Gasteiger partial charge in [-0.15, -0.1) is 0 Å². The smallest absolute Gasteiger partial charge is 0.264 e. The Labute approximate surface area is 153 Å². The van der Waals surface area contributed by atoms with Crippen molar-refractivity contribution < 1.29 is 27.9 Å². The molecule has 0 saturated carbocycles. The lowest BCUT2D eigenvalue weighted by molar-refractivity contribution is -0.121. The lowest BCUT2D eigenvalue weighted by Gasteiger charge is -2.26. The number of amides is 2. The molecule has 1 aliphatic rings. The van der Waals surface area contributed by atoms with Gasteiger partial charge in [0.05, 0.1) is 5.69 Å². The number of carbonyl (C=O) groups is 3. The number of hydrogen-bond donors (Lipinski definition) is 1. The molecule has 2 aromatic carbocycles. The molecule has 3 rings (SSSR count). The first-order valence-electron chi connectivity index (χ1n) is 8.16. The maximum absolute atomic E-state index is 13.1. The summed E-state index contributed by atoms with van der Waals surface area (Å²) in [4.78, 5) is 37.4. The van der Waals surface area contributed by atoms with E-state index in [1.54, 1.807) is 25.2 Å². The number of Topliss-reactive ketones (excluding diaryl/α,β-unsaturated/α-hetero) is 1. The summed E-state index contributed by atoms with van der Waals surface area (Å²) in [6.07, 6.45) is -0.201. The average Bonchev–Trinajstić information content (AvgIpc) is 2.65. The molecule has 140 valence electrons. The molecule has 8 heteroatoms. The van der Waals surface area contributed by atoms with Gasteiger partial charge in [0.15, 0.2) is 24.0 Å². The van der Waals surface area contributed by atoms with E-state index >= 15 is 0 Å². The van der Waals surface area contributed by atoms with Crippen LogP contribution in [0.25, 0.3) is 0 Å². The van der Waals surface area contributed by atoms with Crippen LogP contribution in [-0.2, 0) is 9.59 Å². The summed E-state index contributed by atoms with van der Waals surface area (Å²) in [7, 11) is 1.59. The second-order valence-corrected chi connectivity index (χ2v) is 6.02. The highest BCUT2D eigenvalue weighted by Crippen LogP contribution is 2.32. The predicted octanol–water partition coefficient (Wildman–Crippen LogP) is 2.92. The number of carbonyl (C=O) groups excluding carboxylic acids is 3. The van der Waals surface area contributed by atoms with E-state index in [2.05, 4.69) is 5.32 Å². The van der Waals surface area contributed by atoms with Crippen molar-refractivity contribution >= 4 is 29.0 Å². The van der Waals surface area contributed by atoms with Crippen LogP contribution in [0.5, 0.6) is 5.75 Å². The van der Waals surface area contributed by atoms with Gasteiger partial charge in [0.1, 0.15) is 5.75 Å². The third kappa shape index (κ3) is 4.11. The lowest BCUT2D eigenvalue weighted by Crippen LogP contribution is -2.35. The van der Waals surface area contributed by atoms with E-state index in [0.29, 0.717) is 17.0 Å². The van der Waals surface area contributed by atoms with Crippen LogP contribution in [0, 0.1) is 11.6 Å². The molecule has 6 nitrogen and oxygen atoms in total. The van der Waals surface area contributed by atoms with Crippen LogP contribution in [0.15, 0.2) is 36.4 Å². The average molecular weight is 374 g/mol. The molecular weight excluding hydrogens is 358 g/mol. The molecule has 1 N–H and O–H groups in total. The maximum Gasteiger partial charge on any atom is 0.264 e. The summed E-state index contributed by atoms with van der Waals surface area (Å²) in [5.41, 5.74) is 0.945. The van der Waals surface area contributed by atoms with Crippen LogP contribution in [0.3, 0.4) is 0 Å².